The maximum Gasteiger partial charge on any atom is 0.225 e. The summed E-state index contributed by atoms with van der Waals surface area (Å²) in [5, 5.41) is 3.19. The number of fused-ring (bicyclic) bond motifs is 1. The summed E-state index contributed by atoms with van der Waals surface area (Å²) in [6.07, 6.45) is 3.78. The first-order valence-electron chi connectivity index (χ1n) is 10.1. The molecule has 3 aliphatic heterocycles. The van der Waals surface area contributed by atoms with Gasteiger partial charge in [-0.2, -0.15) is 0 Å². The maximum atomic E-state index is 12.3. The molecule has 2 bridgehead atoms. The number of hydrogen-bond acceptors (Lipinski definition) is 3. The van der Waals surface area contributed by atoms with Gasteiger partial charge in [-0.15, -0.1) is 0 Å². The van der Waals surface area contributed by atoms with Gasteiger partial charge in [-0.05, 0) is 24.8 Å². The van der Waals surface area contributed by atoms with Crippen molar-refractivity contribution in [2.45, 2.75) is 51.7 Å². The molecule has 0 aliphatic carbocycles. The van der Waals surface area contributed by atoms with Crippen LogP contribution in [0.4, 0.5) is 0 Å². The molecule has 0 radical (unpaired) electrons. The quantitative estimate of drug-likeness (QED) is 0.882. The second kappa shape index (κ2) is 6.65. The van der Waals surface area contributed by atoms with Crippen LogP contribution in [0.3, 0.4) is 0 Å². The normalized spacial score (nSPS) is 33.4. The first-order valence-corrected chi connectivity index (χ1v) is 10.1. The van der Waals surface area contributed by atoms with Crippen LogP contribution in [-0.2, 0) is 16.0 Å². The summed E-state index contributed by atoms with van der Waals surface area (Å²) in [5.41, 5.74) is 1.13. The summed E-state index contributed by atoms with van der Waals surface area (Å²) in [4.78, 5) is 14.9. The van der Waals surface area contributed by atoms with Gasteiger partial charge in [0.25, 0.3) is 0 Å². The number of rotatable bonds is 5. The first-order chi connectivity index (χ1) is 12.4. The van der Waals surface area contributed by atoms with Gasteiger partial charge in [0.2, 0.25) is 5.91 Å². The van der Waals surface area contributed by atoms with E-state index in [1.54, 1.807) is 0 Å². The zero-order valence-corrected chi connectivity index (χ0v) is 16.3. The third-order valence-electron chi connectivity index (χ3n) is 6.59. The Morgan fingerprint density at radius 1 is 1.31 bits per heavy atom. The number of amides is 1. The lowest BCUT2D eigenvalue weighted by Crippen LogP contribution is -2.44. The molecule has 1 aromatic carbocycles. The lowest BCUT2D eigenvalue weighted by Gasteiger charge is -2.30. The molecular weight excluding hydrogens is 324 g/mol. The maximum absolute atomic E-state index is 12.3. The average Bonchev–Trinajstić information content (AvgIpc) is 3.26. The number of nitrogens with zero attached hydrogens (tertiary/aromatic N) is 1. The summed E-state index contributed by atoms with van der Waals surface area (Å²) in [6, 6.07) is 10.7. The number of ether oxygens (including phenoxy) is 1. The zero-order valence-electron chi connectivity index (χ0n) is 16.3. The van der Waals surface area contributed by atoms with E-state index in [0.29, 0.717) is 17.9 Å². The predicted molar refractivity (Wildman–Crippen MR) is 103 cm³/mol. The van der Waals surface area contributed by atoms with E-state index in [1.807, 2.05) is 20.8 Å². The largest absolute Gasteiger partial charge is 0.370 e. The number of likely N-dealkylation sites (tertiary alicyclic amines) is 1. The van der Waals surface area contributed by atoms with Gasteiger partial charge in [-0.3, -0.25) is 9.69 Å². The van der Waals surface area contributed by atoms with Crippen LogP contribution in [-0.4, -0.2) is 48.7 Å². The molecule has 4 rings (SSSR count). The molecule has 0 aromatic heterocycles. The fourth-order valence-electron chi connectivity index (χ4n) is 5.14. The Labute approximate surface area is 157 Å². The Kier molecular flexibility index (Phi) is 4.60. The number of carbonyl (C=O) groups excluding carboxylic acids is 1. The van der Waals surface area contributed by atoms with Crippen LogP contribution in [0.15, 0.2) is 30.3 Å². The van der Waals surface area contributed by atoms with Crippen LogP contribution in [0.1, 0.15) is 39.2 Å². The van der Waals surface area contributed by atoms with E-state index in [9.17, 15) is 4.79 Å². The van der Waals surface area contributed by atoms with E-state index in [1.165, 1.54) is 12.0 Å². The number of benzene rings is 1. The van der Waals surface area contributed by atoms with E-state index >= 15 is 0 Å². The van der Waals surface area contributed by atoms with Gasteiger partial charge in [0.15, 0.2) is 0 Å². The minimum Gasteiger partial charge on any atom is -0.370 e. The monoisotopic (exact) mass is 356 g/mol. The van der Waals surface area contributed by atoms with Crippen molar-refractivity contribution < 1.29 is 9.53 Å². The number of carbonyl (C=O) groups is 1. The lowest BCUT2D eigenvalue weighted by molar-refractivity contribution is -0.128. The topological polar surface area (TPSA) is 41.6 Å². The molecule has 3 saturated heterocycles. The molecule has 0 unspecified atom stereocenters. The van der Waals surface area contributed by atoms with E-state index in [0.717, 1.165) is 39.0 Å². The molecule has 1 aromatic rings. The van der Waals surface area contributed by atoms with Gasteiger partial charge in [0, 0.05) is 43.4 Å². The highest BCUT2D eigenvalue weighted by atomic mass is 16.5. The Hall–Kier alpha value is -1.39. The van der Waals surface area contributed by atoms with E-state index in [4.69, 9.17) is 4.74 Å². The lowest BCUT2D eigenvalue weighted by atomic mass is 9.73. The van der Waals surface area contributed by atoms with Crippen molar-refractivity contribution in [3.63, 3.8) is 0 Å². The van der Waals surface area contributed by atoms with Crippen molar-refractivity contribution in [1.82, 2.24) is 10.2 Å². The van der Waals surface area contributed by atoms with E-state index < -0.39 is 0 Å². The molecule has 3 aliphatic rings. The Bertz CT molecular complexity index is 654. The molecule has 142 valence electrons. The predicted octanol–water partition coefficient (Wildman–Crippen LogP) is 2.87. The molecule has 3 heterocycles. The second-order valence-electron chi connectivity index (χ2n) is 9.46. The molecule has 4 atom stereocenters. The van der Waals surface area contributed by atoms with Crippen molar-refractivity contribution in [3.05, 3.63) is 35.9 Å². The van der Waals surface area contributed by atoms with Crippen molar-refractivity contribution in [2.75, 3.05) is 26.2 Å². The minimum atomic E-state index is -0.326. The Balaban J connectivity index is 1.36. The molecular formula is C22H32N2O2. The molecule has 1 spiro atoms. The highest BCUT2D eigenvalue weighted by Crippen LogP contribution is 2.54. The molecule has 4 nitrogen and oxygen atoms in total. The molecule has 3 fully saturated rings. The average molecular weight is 357 g/mol. The van der Waals surface area contributed by atoms with Crippen molar-refractivity contribution in [3.8, 4) is 0 Å². The van der Waals surface area contributed by atoms with Gasteiger partial charge in [-0.25, -0.2) is 0 Å². The van der Waals surface area contributed by atoms with Crippen molar-refractivity contribution >= 4 is 5.91 Å². The van der Waals surface area contributed by atoms with Crippen LogP contribution < -0.4 is 5.32 Å². The van der Waals surface area contributed by atoms with E-state index in [-0.39, 0.29) is 16.9 Å². The van der Waals surface area contributed by atoms with Gasteiger partial charge < -0.3 is 10.1 Å². The molecule has 0 saturated carbocycles. The van der Waals surface area contributed by atoms with Crippen LogP contribution in [0.5, 0.6) is 0 Å². The highest BCUT2D eigenvalue weighted by molar-refractivity contribution is 5.81. The summed E-state index contributed by atoms with van der Waals surface area (Å²) in [5.74, 6) is 1.18. The fraction of sp³-hybridized carbons (Fsp3) is 0.682. The first kappa shape index (κ1) is 18.0. The van der Waals surface area contributed by atoms with Crippen molar-refractivity contribution in [1.29, 1.82) is 0 Å². The third-order valence-corrected chi connectivity index (χ3v) is 6.59. The Morgan fingerprint density at radius 2 is 2.08 bits per heavy atom. The third kappa shape index (κ3) is 3.29. The van der Waals surface area contributed by atoms with Gasteiger partial charge in [0.1, 0.15) is 0 Å². The number of hydrogen-bond donors (Lipinski definition) is 1. The van der Waals surface area contributed by atoms with Crippen LogP contribution in [0.2, 0.25) is 0 Å². The van der Waals surface area contributed by atoms with Gasteiger partial charge in [0.05, 0.1) is 11.7 Å². The van der Waals surface area contributed by atoms with E-state index in [2.05, 4.69) is 40.5 Å². The molecule has 1 amide bonds. The SMILES string of the molecule is CC(C)(C)C(=O)NC[C@H]1[C@H]2CN(CCc3ccccc3)C[C@]23CC[C@H]1O3. The Morgan fingerprint density at radius 3 is 2.81 bits per heavy atom. The van der Waals surface area contributed by atoms with Gasteiger partial charge >= 0.3 is 0 Å². The second-order valence-corrected chi connectivity index (χ2v) is 9.46. The van der Waals surface area contributed by atoms with Crippen LogP contribution in [0, 0.1) is 17.3 Å². The zero-order chi connectivity index (χ0) is 18.4. The summed E-state index contributed by atoms with van der Waals surface area (Å²) < 4.78 is 6.50. The number of nitrogens with one attached hydrogen (secondary N) is 1. The molecule has 1 N–H and O–H groups in total. The summed E-state index contributed by atoms with van der Waals surface area (Å²) >= 11 is 0. The van der Waals surface area contributed by atoms with Crippen LogP contribution >= 0.6 is 0 Å². The van der Waals surface area contributed by atoms with Crippen LogP contribution in [0.25, 0.3) is 0 Å². The smallest absolute Gasteiger partial charge is 0.225 e. The molecule has 26 heavy (non-hydrogen) atoms. The fourth-order valence-corrected chi connectivity index (χ4v) is 5.14. The minimum absolute atomic E-state index is 0.0540. The molecule has 4 heteroatoms. The van der Waals surface area contributed by atoms with Crippen molar-refractivity contribution in [2.24, 2.45) is 17.3 Å². The summed E-state index contributed by atoms with van der Waals surface area (Å²) in [6.45, 7) is 9.95. The van der Waals surface area contributed by atoms with Gasteiger partial charge in [-0.1, -0.05) is 51.1 Å². The highest BCUT2D eigenvalue weighted by Gasteiger charge is 2.62. The standard InChI is InChI=1S/C22H32N2O2/c1-21(2,3)20(25)23-13-17-18-14-24(12-10-16-7-5-4-6-8-16)15-22(18)11-9-19(17)26-22/h4-8,17-19H,9-15H2,1-3H3,(H,23,25)/t17-,18+,19+,22+/m0/s1. The summed E-state index contributed by atoms with van der Waals surface area (Å²) in [7, 11) is 0.